The van der Waals surface area contributed by atoms with Crippen LogP contribution in [-0.2, 0) is 0 Å². The van der Waals surface area contributed by atoms with E-state index in [4.69, 9.17) is 0 Å². The van der Waals surface area contributed by atoms with E-state index in [9.17, 15) is 0 Å². The molecule has 13 heavy (non-hydrogen) atoms. The minimum atomic E-state index is 0.803. The highest BCUT2D eigenvalue weighted by Crippen LogP contribution is 2.42. The maximum absolute atomic E-state index is 2.51. The molecule has 0 radical (unpaired) electrons. The average molecular weight is 198 g/mol. The minimum absolute atomic E-state index is 0.803. The van der Waals surface area contributed by atoms with E-state index >= 15 is 0 Å². The summed E-state index contributed by atoms with van der Waals surface area (Å²) in [7, 11) is 0. The molecule has 0 aromatic carbocycles. The zero-order valence-corrected chi connectivity index (χ0v) is 10.3. The van der Waals surface area contributed by atoms with E-state index in [0.717, 1.165) is 23.7 Å². The molecule has 1 aliphatic rings. The van der Waals surface area contributed by atoms with E-state index < -0.39 is 0 Å². The summed E-state index contributed by atoms with van der Waals surface area (Å²) in [6.07, 6.45) is 6.04. The Kier molecular flexibility index (Phi) is 3.90. The predicted octanol–water partition coefficient (Wildman–Crippen LogP) is 4.18. The van der Waals surface area contributed by atoms with Crippen molar-refractivity contribution in [1.29, 1.82) is 0 Å². The maximum Gasteiger partial charge on any atom is -0.0140 e. The van der Waals surface area contributed by atoms with Crippen LogP contribution in [-0.4, -0.2) is 6.26 Å². The number of allylic oxidation sites excluding steroid dienone is 2. The molecule has 0 aliphatic heterocycles. The van der Waals surface area contributed by atoms with Gasteiger partial charge in [-0.1, -0.05) is 33.8 Å². The molecule has 0 fully saturated rings. The molecule has 0 aromatic rings. The van der Waals surface area contributed by atoms with Crippen LogP contribution in [0.3, 0.4) is 0 Å². The maximum atomic E-state index is 2.51. The van der Waals surface area contributed by atoms with Crippen molar-refractivity contribution in [2.24, 2.45) is 23.7 Å². The topological polar surface area (TPSA) is 0 Å². The van der Waals surface area contributed by atoms with Gasteiger partial charge in [-0.3, -0.25) is 0 Å². The van der Waals surface area contributed by atoms with Crippen LogP contribution in [0.1, 0.15) is 34.1 Å². The highest BCUT2D eigenvalue weighted by molar-refractivity contribution is 8.02. The van der Waals surface area contributed by atoms with E-state index in [0.29, 0.717) is 0 Å². The Morgan fingerprint density at radius 3 is 2.15 bits per heavy atom. The highest BCUT2D eigenvalue weighted by Gasteiger charge is 2.31. The number of rotatable bonds is 3. The second kappa shape index (κ2) is 4.54. The van der Waals surface area contributed by atoms with Gasteiger partial charge in [0.15, 0.2) is 0 Å². The molecule has 0 saturated carbocycles. The van der Waals surface area contributed by atoms with Crippen LogP contribution in [0.4, 0.5) is 0 Å². The fourth-order valence-corrected chi connectivity index (χ4v) is 2.95. The minimum Gasteiger partial charge on any atom is -0.134 e. The lowest BCUT2D eigenvalue weighted by atomic mass is 9.79. The predicted molar refractivity (Wildman–Crippen MR) is 62.9 cm³/mol. The standard InChI is InChI=1S/C12H22S/c1-8(2)11-6-10(13-5)7-12(11)9(3)4/h6,8-9,11-12H,7H2,1-5H3/t11-,12+/m1/s1. The third-order valence-corrected chi connectivity index (χ3v) is 4.03. The van der Waals surface area contributed by atoms with Crippen LogP contribution in [0.15, 0.2) is 11.0 Å². The second-order valence-electron chi connectivity index (χ2n) is 4.77. The summed E-state index contributed by atoms with van der Waals surface area (Å²) < 4.78 is 0. The number of hydrogen-bond donors (Lipinski definition) is 0. The largest absolute Gasteiger partial charge is 0.134 e. The average Bonchev–Trinajstić information content (AvgIpc) is 2.47. The molecule has 0 heterocycles. The number of thioether (sulfide) groups is 1. The van der Waals surface area contributed by atoms with Crippen LogP contribution < -0.4 is 0 Å². The summed E-state index contributed by atoms with van der Waals surface area (Å²) in [4.78, 5) is 1.61. The Labute approximate surface area is 87.2 Å². The Morgan fingerprint density at radius 2 is 1.85 bits per heavy atom. The van der Waals surface area contributed by atoms with Crippen molar-refractivity contribution >= 4 is 11.8 Å². The van der Waals surface area contributed by atoms with Gasteiger partial charge in [0.1, 0.15) is 0 Å². The first kappa shape index (κ1) is 11.2. The van der Waals surface area contributed by atoms with Gasteiger partial charge in [0.2, 0.25) is 0 Å². The molecule has 0 bridgehead atoms. The summed E-state index contributed by atoms with van der Waals surface area (Å²) in [6.45, 7) is 9.41. The molecule has 1 heteroatoms. The Balaban J connectivity index is 2.70. The van der Waals surface area contributed by atoms with Gasteiger partial charge in [0.25, 0.3) is 0 Å². The first-order valence-corrected chi connectivity index (χ1v) is 6.53. The fourth-order valence-electron chi connectivity index (χ4n) is 2.29. The van der Waals surface area contributed by atoms with Gasteiger partial charge in [-0.2, -0.15) is 0 Å². The molecule has 0 nitrogen and oxygen atoms in total. The second-order valence-corrected chi connectivity index (χ2v) is 5.70. The number of hydrogen-bond acceptors (Lipinski definition) is 1. The van der Waals surface area contributed by atoms with Gasteiger partial charge in [-0.25, -0.2) is 0 Å². The first-order chi connectivity index (χ1) is 6.06. The smallest absolute Gasteiger partial charge is 0.0140 e. The molecule has 0 saturated heterocycles. The molecule has 0 N–H and O–H groups in total. The van der Waals surface area contributed by atoms with Crippen molar-refractivity contribution in [2.75, 3.05) is 6.26 Å². The lowest BCUT2D eigenvalue weighted by Gasteiger charge is -2.25. The van der Waals surface area contributed by atoms with Crippen molar-refractivity contribution in [3.8, 4) is 0 Å². The van der Waals surface area contributed by atoms with Gasteiger partial charge >= 0.3 is 0 Å². The van der Waals surface area contributed by atoms with Crippen molar-refractivity contribution in [3.63, 3.8) is 0 Å². The summed E-state index contributed by atoms with van der Waals surface area (Å²) in [5.41, 5.74) is 0. The Bertz CT molecular complexity index is 191. The van der Waals surface area contributed by atoms with Crippen molar-refractivity contribution in [1.82, 2.24) is 0 Å². The molecule has 0 unspecified atom stereocenters. The zero-order chi connectivity index (χ0) is 10.0. The van der Waals surface area contributed by atoms with Crippen LogP contribution in [0.25, 0.3) is 0 Å². The van der Waals surface area contributed by atoms with Crippen LogP contribution in [0, 0.1) is 23.7 Å². The monoisotopic (exact) mass is 198 g/mol. The van der Waals surface area contributed by atoms with Crippen molar-refractivity contribution in [2.45, 2.75) is 34.1 Å². The third-order valence-electron chi connectivity index (χ3n) is 3.20. The van der Waals surface area contributed by atoms with Crippen molar-refractivity contribution < 1.29 is 0 Å². The van der Waals surface area contributed by atoms with E-state index in [2.05, 4.69) is 40.0 Å². The summed E-state index contributed by atoms with van der Waals surface area (Å²) in [5.74, 6) is 3.34. The fraction of sp³-hybridized carbons (Fsp3) is 0.833. The van der Waals surface area contributed by atoms with Gasteiger partial charge in [0, 0.05) is 0 Å². The van der Waals surface area contributed by atoms with Crippen LogP contribution in [0.5, 0.6) is 0 Å². The molecular formula is C12H22S. The first-order valence-electron chi connectivity index (χ1n) is 5.31. The molecule has 0 spiro atoms. The van der Waals surface area contributed by atoms with E-state index in [1.165, 1.54) is 6.42 Å². The van der Waals surface area contributed by atoms with Crippen molar-refractivity contribution in [3.05, 3.63) is 11.0 Å². The van der Waals surface area contributed by atoms with E-state index in [-0.39, 0.29) is 0 Å². The molecule has 1 aliphatic carbocycles. The highest BCUT2D eigenvalue weighted by atomic mass is 32.2. The Morgan fingerprint density at radius 1 is 1.23 bits per heavy atom. The van der Waals surface area contributed by atoms with E-state index in [1.54, 1.807) is 4.91 Å². The van der Waals surface area contributed by atoms with Gasteiger partial charge in [0.05, 0.1) is 0 Å². The SMILES string of the molecule is CSC1=C[C@H](C(C)C)[C@H](C(C)C)C1. The third kappa shape index (κ3) is 2.52. The summed E-state index contributed by atoms with van der Waals surface area (Å²) >= 11 is 1.94. The molecule has 1 rings (SSSR count). The van der Waals surface area contributed by atoms with Gasteiger partial charge < -0.3 is 0 Å². The lowest BCUT2D eigenvalue weighted by molar-refractivity contribution is 0.261. The summed E-state index contributed by atoms with van der Waals surface area (Å²) in [6, 6.07) is 0. The van der Waals surface area contributed by atoms with E-state index in [1.807, 2.05) is 11.8 Å². The lowest BCUT2D eigenvalue weighted by Crippen LogP contribution is -2.19. The Hall–Kier alpha value is 0.0900. The quantitative estimate of drug-likeness (QED) is 0.655. The molecule has 76 valence electrons. The van der Waals surface area contributed by atoms with Gasteiger partial charge in [-0.15, -0.1) is 11.8 Å². The van der Waals surface area contributed by atoms with Gasteiger partial charge in [-0.05, 0) is 41.3 Å². The normalized spacial score (nSPS) is 28.7. The molecular weight excluding hydrogens is 176 g/mol. The molecule has 0 amide bonds. The molecule has 0 aromatic heterocycles. The van der Waals surface area contributed by atoms with Crippen LogP contribution >= 0.6 is 11.8 Å². The zero-order valence-electron chi connectivity index (χ0n) is 9.50. The summed E-state index contributed by atoms with van der Waals surface area (Å²) in [5, 5.41) is 0. The van der Waals surface area contributed by atoms with Crippen LogP contribution in [0.2, 0.25) is 0 Å². The molecule has 2 atom stereocenters.